The fraction of sp³-hybridized carbons (Fsp3) is 0.182. The van der Waals surface area contributed by atoms with Crippen LogP contribution in [0.15, 0.2) is 30.3 Å². The Balaban J connectivity index is 2.97. The first-order valence-corrected chi connectivity index (χ1v) is 4.14. The number of rotatable bonds is 2. The van der Waals surface area contributed by atoms with Crippen LogP contribution in [0, 0.1) is 0 Å². The van der Waals surface area contributed by atoms with Crippen molar-refractivity contribution in [2.75, 3.05) is 0 Å². The molecule has 13 heavy (non-hydrogen) atoms. The van der Waals surface area contributed by atoms with Crippen molar-refractivity contribution < 1.29 is 9.53 Å². The lowest BCUT2D eigenvalue weighted by atomic mass is 10.2. The number of benzene rings is 1. The molecule has 0 saturated carbocycles. The molecule has 0 aliphatic rings. The number of allylic oxidation sites excluding steroid dienone is 1. The molecule has 0 saturated heterocycles. The van der Waals surface area contributed by atoms with Crippen molar-refractivity contribution >= 4 is 12.0 Å². The molecule has 0 amide bonds. The van der Waals surface area contributed by atoms with E-state index in [0.717, 1.165) is 5.56 Å². The van der Waals surface area contributed by atoms with E-state index in [1.54, 1.807) is 6.07 Å². The minimum Gasteiger partial charge on any atom is -0.426 e. The lowest BCUT2D eigenvalue weighted by Gasteiger charge is -2.03. The van der Waals surface area contributed by atoms with E-state index in [4.69, 9.17) is 4.74 Å². The van der Waals surface area contributed by atoms with Gasteiger partial charge in [0.1, 0.15) is 5.75 Å². The molecule has 0 aliphatic heterocycles. The Morgan fingerprint density at radius 1 is 1.38 bits per heavy atom. The highest BCUT2D eigenvalue weighted by molar-refractivity contribution is 5.71. The van der Waals surface area contributed by atoms with Crippen LogP contribution < -0.4 is 4.74 Å². The Labute approximate surface area is 77.8 Å². The van der Waals surface area contributed by atoms with Gasteiger partial charge in [-0.05, 0) is 13.0 Å². The molecule has 0 aromatic heterocycles. The van der Waals surface area contributed by atoms with Crippen LogP contribution in [-0.4, -0.2) is 5.97 Å². The van der Waals surface area contributed by atoms with E-state index in [2.05, 4.69) is 0 Å². The fourth-order valence-corrected chi connectivity index (χ4v) is 1.05. The lowest BCUT2D eigenvalue weighted by molar-refractivity contribution is -0.131. The van der Waals surface area contributed by atoms with Crippen LogP contribution in [0.3, 0.4) is 0 Å². The van der Waals surface area contributed by atoms with Gasteiger partial charge in [0.05, 0.1) is 0 Å². The van der Waals surface area contributed by atoms with E-state index in [-0.39, 0.29) is 5.97 Å². The molecule has 1 aromatic rings. The second-order valence-electron chi connectivity index (χ2n) is 2.63. The van der Waals surface area contributed by atoms with Gasteiger partial charge in [0.2, 0.25) is 0 Å². The van der Waals surface area contributed by atoms with Crippen LogP contribution in [0.2, 0.25) is 0 Å². The summed E-state index contributed by atoms with van der Waals surface area (Å²) in [5.41, 5.74) is 0.917. The molecule has 0 atom stereocenters. The predicted octanol–water partition coefficient (Wildman–Crippen LogP) is 2.65. The summed E-state index contributed by atoms with van der Waals surface area (Å²) in [6.07, 6.45) is 3.81. The van der Waals surface area contributed by atoms with E-state index >= 15 is 0 Å². The van der Waals surface area contributed by atoms with E-state index < -0.39 is 0 Å². The third-order valence-electron chi connectivity index (χ3n) is 1.52. The second kappa shape index (κ2) is 4.45. The molecule has 0 aliphatic carbocycles. The molecular formula is C11H12O2. The van der Waals surface area contributed by atoms with Crippen LogP contribution in [0.4, 0.5) is 0 Å². The van der Waals surface area contributed by atoms with Crippen molar-refractivity contribution in [3.05, 3.63) is 35.9 Å². The van der Waals surface area contributed by atoms with E-state index in [0.29, 0.717) is 5.75 Å². The third kappa shape index (κ3) is 2.75. The van der Waals surface area contributed by atoms with Crippen LogP contribution >= 0.6 is 0 Å². The maximum absolute atomic E-state index is 10.7. The molecule has 0 heterocycles. The first kappa shape index (κ1) is 9.52. The Bertz CT molecular complexity index is 327. The van der Waals surface area contributed by atoms with Gasteiger partial charge in [-0.3, -0.25) is 4.79 Å². The standard InChI is InChI=1S/C11H12O2/c1-3-6-10-7-4-5-8-11(10)13-9(2)12/h3-8H,1-2H3. The zero-order valence-electron chi connectivity index (χ0n) is 7.78. The van der Waals surface area contributed by atoms with Crippen molar-refractivity contribution in [3.8, 4) is 5.75 Å². The Kier molecular flexibility index (Phi) is 3.26. The zero-order valence-corrected chi connectivity index (χ0v) is 7.78. The van der Waals surface area contributed by atoms with E-state index in [1.807, 2.05) is 37.3 Å². The number of carbonyl (C=O) groups excluding carboxylic acids is 1. The van der Waals surface area contributed by atoms with Crippen molar-refractivity contribution in [3.63, 3.8) is 0 Å². The van der Waals surface area contributed by atoms with Crippen molar-refractivity contribution in [1.29, 1.82) is 0 Å². The van der Waals surface area contributed by atoms with Gasteiger partial charge < -0.3 is 4.74 Å². The first-order valence-electron chi connectivity index (χ1n) is 4.14. The van der Waals surface area contributed by atoms with Crippen LogP contribution in [0.1, 0.15) is 19.4 Å². The highest BCUT2D eigenvalue weighted by atomic mass is 16.5. The number of ether oxygens (including phenoxy) is 1. The lowest BCUT2D eigenvalue weighted by Crippen LogP contribution is -2.02. The van der Waals surface area contributed by atoms with E-state index in [1.165, 1.54) is 6.92 Å². The van der Waals surface area contributed by atoms with Crippen molar-refractivity contribution in [1.82, 2.24) is 0 Å². The quantitative estimate of drug-likeness (QED) is 0.511. The highest BCUT2D eigenvalue weighted by Crippen LogP contribution is 2.19. The summed E-state index contributed by atoms with van der Waals surface area (Å²) in [5, 5.41) is 0. The Morgan fingerprint density at radius 2 is 2.08 bits per heavy atom. The molecule has 0 radical (unpaired) electrons. The SMILES string of the molecule is CC=Cc1ccccc1OC(C)=O. The molecule has 2 nitrogen and oxygen atoms in total. The topological polar surface area (TPSA) is 26.3 Å². The largest absolute Gasteiger partial charge is 0.426 e. The molecular weight excluding hydrogens is 164 g/mol. The van der Waals surface area contributed by atoms with Gasteiger partial charge in [0.15, 0.2) is 0 Å². The number of para-hydroxylation sites is 1. The number of hydrogen-bond donors (Lipinski definition) is 0. The van der Waals surface area contributed by atoms with Crippen LogP contribution in [0.5, 0.6) is 5.75 Å². The molecule has 0 fully saturated rings. The minimum atomic E-state index is -0.294. The molecule has 0 bridgehead atoms. The molecule has 0 N–H and O–H groups in total. The monoisotopic (exact) mass is 176 g/mol. The predicted molar refractivity (Wildman–Crippen MR) is 52.5 cm³/mol. The molecule has 1 aromatic carbocycles. The van der Waals surface area contributed by atoms with Crippen molar-refractivity contribution in [2.45, 2.75) is 13.8 Å². The van der Waals surface area contributed by atoms with Crippen LogP contribution in [-0.2, 0) is 4.79 Å². The van der Waals surface area contributed by atoms with Gasteiger partial charge in [0, 0.05) is 12.5 Å². The van der Waals surface area contributed by atoms with Gasteiger partial charge >= 0.3 is 5.97 Å². The van der Waals surface area contributed by atoms with E-state index in [9.17, 15) is 4.79 Å². The molecule has 2 heteroatoms. The van der Waals surface area contributed by atoms with Gasteiger partial charge in [-0.2, -0.15) is 0 Å². The van der Waals surface area contributed by atoms with Crippen molar-refractivity contribution in [2.24, 2.45) is 0 Å². The summed E-state index contributed by atoms with van der Waals surface area (Å²) in [4.78, 5) is 10.7. The van der Waals surface area contributed by atoms with Gasteiger partial charge in [-0.15, -0.1) is 0 Å². The normalized spacial score (nSPS) is 10.3. The molecule has 1 rings (SSSR count). The summed E-state index contributed by atoms with van der Waals surface area (Å²) >= 11 is 0. The van der Waals surface area contributed by atoms with Gasteiger partial charge in [-0.25, -0.2) is 0 Å². The Morgan fingerprint density at radius 3 is 2.69 bits per heavy atom. The summed E-state index contributed by atoms with van der Waals surface area (Å²) in [6, 6.07) is 7.42. The fourth-order valence-electron chi connectivity index (χ4n) is 1.05. The summed E-state index contributed by atoms with van der Waals surface area (Å²) < 4.78 is 5.01. The smallest absolute Gasteiger partial charge is 0.308 e. The maximum atomic E-state index is 10.7. The average molecular weight is 176 g/mol. The number of carbonyl (C=O) groups is 1. The number of hydrogen-bond acceptors (Lipinski definition) is 2. The average Bonchev–Trinajstić information content (AvgIpc) is 2.08. The highest BCUT2D eigenvalue weighted by Gasteiger charge is 2.01. The minimum absolute atomic E-state index is 0.294. The van der Waals surface area contributed by atoms with Gasteiger partial charge in [0.25, 0.3) is 0 Å². The zero-order chi connectivity index (χ0) is 9.68. The first-order chi connectivity index (χ1) is 6.24. The third-order valence-corrected chi connectivity index (χ3v) is 1.52. The molecule has 68 valence electrons. The summed E-state index contributed by atoms with van der Waals surface area (Å²) in [6.45, 7) is 3.32. The van der Waals surface area contributed by atoms with Crippen LogP contribution in [0.25, 0.3) is 6.08 Å². The second-order valence-corrected chi connectivity index (χ2v) is 2.63. The summed E-state index contributed by atoms with van der Waals surface area (Å²) in [5.74, 6) is 0.310. The molecule has 0 spiro atoms. The number of esters is 1. The summed E-state index contributed by atoms with van der Waals surface area (Å²) in [7, 11) is 0. The van der Waals surface area contributed by atoms with Gasteiger partial charge in [-0.1, -0.05) is 30.4 Å². The molecule has 0 unspecified atom stereocenters. The Hall–Kier alpha value is -1.57. The maximum Gasteiger partial charge on any atom is 0.308 e.